The van der Waals surface area contributed by atoms with Crippen molar-refractivity contribution in [3.63, 3.8) is 0 Å². The summed E-state index contributed by atoms with van der Waals surface area (Å²) >= 11 is 0. The molecule has 2 heterocycles. The zero-order valence-electron chi connectivity index (χ0n) is 13.8. The fourth-order valence-electron chi connectivity index (χ4n) is 2.74. The molecular weight excluding hydrogens is 326 g/mol. The van der Waals surface area contributed by atoms with Gasteiger partial charge in [-0.05, 0) is 32.8 Å². The van der Waals surface area contributed by atoms with E-state index in [2.05, 4.69) is 20.4 Å². The zero-order chi connectivity index (χ0) is 18.0. The number of nitrogens with zero attached hydrogens (tertiary/aromatic N) is 3. The van der Waals surface area contributed by atoms with Crippen molar-refractivity contribution < 1.29 is 9.45 Å². The molecule has 0 radical (unpaired) electrons. The van der Waals surface area contributed by atoms with Gasteiger partial charge in [-0.1, -0.05) is 5.16 Å². The number of aromatic nitrogens is 3. The number of hydrogen-bond acceptors (Lipinski definition) is 7. The van der Waals surface area contributed by atoms with Crippen LogP contribution < -0.4 is 10.9 Å². The third-order valence-corrected chi connectivity index (χ3v) is 4.05. The molecule has 2 N–H and O–H groups in total. The van der Waals surface area contributed by atoms with Crippen LogP contribution in [0.15, 0.2) is 27.8 Å². The second-order valence-corrected chi connectivity index (χ2v) is 5.71. The molecule has 130 valence electrons. The van der Waals surface area contributed by atoms with E-state index in [1.54, 1.807) is 0 Å². The molecular formula is C16H17N5O4. The number of rotatable bonds is 6. The summed E-state index contributed by atoms with van der Waals surface area (Å²) in [5.41, 5.74) is 2.11. The Kier molecular flexibility index (Phi) is 4.46. The maximum Gasteiger partial charge on any atom is 0.293 e. The number of anilines is 1. The smallest absolute Gasteiger partial charge is 0.293 e. The fourth-order valence-corrected chi connectivity index (χ4v) is 2.74. The van der Waals surface area contributed by atoms with Gasteiger partial charge in [0.15, 0.2) is 0 Å². The van der Waals surface area contributed by atoms with Gasteiger partial charge in [-0.2, -0.15) is 0 Å². The molecule has 0 saturated carbocycles. The molecule has 1 aromatic carbocycles. The van der Waals surface area contributed by atoms with E-state index in [1.807, 2.05) is 13.8 Å². The minimum atomic E-state index is -0.511. The highest BCUT2D eigenvalue weighted by Crippen LogP contribution is 2.28. The van der Waals surface area contributed by atoms with Gasteiger partial charge in [-0.25, -0.2) is 4.98 Å². The molecule has 0 aliphatic rings. The standard InChI is InChI=1S/C16H17N5O4/c1-9-11(10(2)25-20-9)4-3-5-17-14-7-13-12(6-15(14)21(23)24)16(22)19-8-18-13/h6-8,17H,3-5H2,1-2H3,(H,18,19,22). The van der Waals surface area contributed by atoms with Crippen molar-refractivity contribution in [2.24, 2.45) is 0 Å². The molecule has 0 atom stereocenters. The van der Waals surface area contributed by atoms with Crippen molar-refractivity contribution in [2.75, 3.05) is 11.9 Å². The topological polar surface area (TPSA) is 127 Å². The van der Waals surface area contributed by atoms with Crippen LogP contribution in [0.4, 0.5) is 11.4 Å². The first-order chi connectivity index (χ1) is 12.0. The molecule has 0 amide bonds. The average Bonchev–Trinajstić information content (AvgIpc) is 2.90. The van der Waals surface area contributed by atoms with Crippen molar-refractivity contribution in [1.82, 2.24) is 15.1 Å². The quantitative estimate of drug-likeness (QED) is 0.400. The SMILES string of the molecule is Cc1noc(C)c1CCCNc1cc2nc[nH]c(=O)c2cc1[N+](=O)[O-]. The predicted octanol–water partition coefficient (Wildman–Crippen LogP) is 2.48. The molecule has 9 nitrogen and oxygen atoms in total. The van der Waals surface area contributed by atoms with Gasteiger partial charge in [0.25, 0.3) is 11.2 Å². The molecule has 0 fully saturated rings. The summed E-state index contributed by atoms with van der Waals surface area (Å²) < 4.78 is 5.12. The third-order valence-electron chi connectivity index (χ3n) is 4.05. The largest absolute Gasteiger partial charge is 0.379 e. The van der Waals surface area contributed by atoms with E-state index in [9.17, 15) is 14.9 Å². The van der Waals surface area contributed by atoms with Crippen LogP contribution >= 0.6 is 0 Å². The van der Waals surface area contributed by atoms with Gasteiger partial charge in [-0.15, -0.1) is 0 Å². The Labute approximate surface area is 142 Å². The highest BCUT2D eigenvalue weighted by Gasteiger charge is 2.17. The summed E-state index contributed by atoms with van der Waals surface area (Å²) in [4.78, 5) is 29.0. The van der Waals surface area contributed by atoms with Crippen molar-refractivity contribution in [3.05, 3.63) is 55.9 Å². The highest BCUT2D eigenvalue weighted by molar-refractivity contribution is 5.86. The van der Waals surface area contributed by atoms with Crippen LogP contribution in [0.1, 0.15) is 23.4 Å². The minimum absolute atomic E-state index is 0.150. The van der Waals surface area contributed by atoms with Gasteiger partial charge in [-0.3, -0.25) is 14.9 Å². The van der Waals surface area contributed by atoms with Crippen LogP contribution in [0.25, 0.3) is 10.9 Å². The normalized spacial score (nSPS) is 11.0. The third kappa shape index (κ3) is 3.35. The first-order valence-corrected chi connectivity index (χ1v) is 7.79. The second kappa shape index (κ2) is 6.71. The summed E-state index contributed by atoms with van der Waals surface area (Å²) in [5, 5.41) is 18.5. The molecule has 2 aromatic heterocycles. The number of H-pyrrole nitrogens is 1. The van der Waals surface area contributed by atoms with E-state index >= 15 is 0 Å². The highest BCUT2D eigenvalue weighted by atomic mass is 16.6. The Morgan fingerprint density at radius 3 is 2.84 bits per heavy atom. The Hall–Kier alpha value is -3.23. The second-order valence-electron chi connectivity index (χ2n) is 5.71. The maximum atomic E-state index is 11.8. The molecule has 0 aliphatic carbocycles. The van der Waals surface area contributed by atoms with Crippen molar-refractivity contribution in [1.29, 1.82) is 0 Å². The number of hydrogen-bond donors (Lipinski definition) is 2. The maximum absolute atomic E-state index is 11.8. The lowest BCUT2D eigenvalue weighted by atomic mass is 10.1. The van der Waals surface area contributed by atoms with Crippen molar-refractivity contribution >= 4 is 22.3 Å². The van der Waals surface area contributed by atoms with Crippen molar-refractivity contribution in [2.45, 2.75) is 26.7 Å². The lowest BCUT2D eigenvalue weighted by molar-refractivity contribution is -0.383. The Balaban J connectivity index is 1.77. The number of aryl methyl sites for hydroxylation is 2. The Morgan fingerprint density at radius 1 is 1.36 bits per heavy atom. The lowest BCUT2D eigenvalue weighted by Gasteiger charge is -2.08. The van der Waals surface area contributed by atoms with Gasteiger partial charge < -0.3 is 14.8 Å². The molecule has 9 heteroatoms. The lowest BCUT2D eigenvalue weighted by Crippen LogP contribution is -2.10. The van der Waals surface area contributed by atoms with Gasteiger partial charge >= 0.3 is 0 Å². The van der Waals surface area contributed by atoms with E-state index < -0.39 is 10.5 Å². The fraction of sp³-hybridized carbons (Fsp3) is 0.312. The summed E-state index contributed by atoms with van der Waals surface area (Å²) in [5.74, 6) is 0.789. The van der Waals surface area contributed by atoms with E-state index in [-0.39, 0.29) is 11.1 Å². The molecule has 3 rings (SSSR count). The van der Waals surface area contributed by atoms with Crippen LogP contribution in [0.5, 0.6) is 0 Å². The molecule has 3 aromatic rings. The molecule has 0 saturated heterocycles. The van der Waals surface area contributed by atoms with E-state index in [0.717, 1.165) is 29.9 Å². The van der Waals surface area contributed by atoms with Gasteiger partial charge in [0.1, 0.15) is 11.4 Å². The van der Waals surface area contributed by atoms with Gasteiger partial charge in [0.05, 0.1) is 27.8 Å². The van der Waals surface area contributed by atoms with Gasteiger partial charge in [0.2, 0.25) is 0 Å². The molecule has 0 bridgehead atoms. The number of fused-ring (bicyclic) bond motifs is 1. The van der Waals surface area contributed by atoms with Crippen LogP contribution in [0.3, 0.4) is 0 Å². The summed E-state index contributed by atoms with van der Waals surface area (Å²) in [6.07, 6.45) is 2.78. The average molecular weight is 343 g/mol. The molecule has 0 aliphatic heterocycles. The van der Waals surface area contributed by atoms with Gasteiger partial charge in [0, 0.05) is 18.2 Å². The summed E-state index contributed by atoms with van der Waals surface area (Å²) in [7, 11) is 0. The first-order valence-electron chi connectivity index (χ1n) is 7.79. The Bertz CT molecular complexity index is 972. The number of nitro groups is 1. The van der Waals surface area contributed by atoms with Crippen LogP contribution in [0.2, 0.25) is 0 Å². The summed E-state index contributed by atoms with van der Waals surface area (Å²) in [6, 6.07) is 2.77. The number of nitro benzene ring substituents is 1. The van der Waals surface area contributed by atoms with Crippen molar-refractivity contribution in [3.8, 4) is 0 Å². The van der Waals surface area contributed by atoms with Crippen LogP contribution in [-0.2, 0) is 6.42 Å². The van der Waals surface area contributed by atoms with E-state index in [1.165, 1.54) is 18.5 Å². The van der Waals surface area contributed by atoms with E-state index in [0.29, 0.717) is 17.7 Å². The monoisotopic (exact) mass is 343 g/mol. The van der Waals surface area contributed by atoms with Crippen LogP contribution in [0, 0.1) is 24.0 Å². The molecule has 25 heavy (non-hydrogen) atoms. The summed E-state index contributed by atoms with van der Waals surface area (Å²) in [6.45, 7) is 4.27. The first kappa shape index (κ1) is 16.6. The minimum Gasteiger partial charge on any atom is -0.379 e. The zero-order valence-corrected chi connectivity index (χ0v) is 13.8. The molecule has 0 unspecified atom stereocenters. The molecule has 0 spiro atoms. The Morgan fingerprint density at radius 2 is 2.16 bits per heavy atom. The number of nitrogens with one attached hydrogen (secondary N) is 2. The number of benzene rings is 1. The van der Waals surface area contributed by atoms with Crippen LogP contribution in [-0.4, -0.2) is 26.6 Å². The number of aromatic amines is 1. The van der Waals surface area contributed by atoms with E-state index in [4.69, 9.17) is 4.52 Å². The predicted molar refractivity (Wildman–Crippen MR) is 91.8 cm³/mol.